The molecule has 0 bridgehead atoms. The first-order chi connectivity index (χ1) is 26.1. The molecule has 0 radical (unpaired) electrons. The molecule has 53 heavy (non-hydrogen) atoms. The van der Waals surface area contributed by atoms with Crippen LogP contribution in [0, 0.1) is 11.3 Å². The van der Waals surface area contributed by atoms with Crippen molar-refractivity contribution in [3.8, 4) is 51.1 Å². The number of nitrogens with zero attached hydrogens (tertiary/aromatic N) is 3. The molecule has 2 unspecified atom stereocenters. The number of furan rings is 2. The second-order valence-electron chi connectivity index (χ2n) is 13.7. The molecule has 5 nitrogen and oxygen atoms in total. The molecule has 0 saturated carbocycles. The first-order valence-electron chi connectivity index (χ1n) is 17.8. The van der Waals surface area contributed by atoms with Crippen LogP contribution < -0.4 is 0 Å². The fourth-order valence-corrected chi connectivity index (χ4v) is 7.94. The number of fused-ring (bicyclic) bond motifs is 6. The van der Waals surface area contributed by atoms with Crippen LogP contribution in [0.4, 0.5) is 0 Å². The van der Waals surface area contributed by atoms with Crippen LogP contribution in [0.25, 0.3) is 84.0 Å². The van der Waals surface area contributed by atoms with Gasteiger partial charge in [0.1, 0.15) is 22.5 Å². The average molecular weight is 682 g/mol. The number of hydrogen-bond acceptors (Lipinski definition) is 5. The number of benzene rings is 6. The van der Waals surface area contributed by atoms with Crippen molar-refractivity contribution in [2.75, 3.05) is 0 Å². The lowest BCUT2D eigenvalue weighted by atomic mass is 9.76. The molecular formula is C48H31N3O2. The largest absolute Gasteiger partial charge is 0.456 e. The molecule has 1 aliphatic rings. The molecule has 0 fully saturated rings. The highest BCUT2D eigenvalue weighted by atomic mass is 16.3. The Bertz CT molecular complexity index is 2940. The summed E-state index contributed by atoms with van der Waals surface area (Å²) in [5, 5.41) is 13.1. The van der Waals surface area contributed by atoms with Crippen molar-refractivity contribution >= 4 is 39.0 Å². The molecule has 0 amide bonds. The highest BCUT2D eigenvalue weighted by Crippen LogP contribution is 2.48. The van der Waals surface area contributed by atoms with Gasteiger partial charge in [-0.25, -0.2) is 9.97 Å². The Hall–Kier alpha value is -7.03. The van der Waals surface area contributed by atoms with Gasteiger partial charge in [-0.1, -0.05) is 110 Å². The van der Waals surface area contributed by atoms with Crippen molar-refractivity contribution in [3.63, 3.8) is 0 Å². The molecule has 0 spiro atoms. The Labute approximate surface area is 306 Å². The van der Waals surface area contributed by atoms with Gasteiger partial charge >= 0.3 is 0 Å². The molecule has 0 N–H and O–H groups in total. The van der Waals surface area contributed by atoms with Crippen LogP contribution in [0.3, 0.4) is 0 Å². The lowest BCUT2D eigenvalue weighted by Crippen LogP contribution is -2.12. The molecule has 0 saturated heterocycles. The highest BCUT2D eigenvalue weighted by molar-refractivity contribution is 6.06. The maximum absolute atomic E-state index is 9.75. The summed E-state index contributed by atoms with van der Waals surface area (Å²) >= 11 is 0. The summed E-state index contributed by atoms with van der Waals surface area (Å²) < 4.78 is 12.5. The third kappa shape index (κ3) is 5.23. The predicted molar refractivity (Wildman–Crippen MR) is 212 cm³/mol. The maximum Gasteiger partial charge on any atom is 0.160 e. The van der Waals surface area contributed by atoms with Crippen molar-refractivity contribution in [3.05, 3.63) is 174 Å². The summed E-state index contributed by atoms with van der Waals surface area (Å²) in [6, 6.07) is 51.7. The molecule has 10 rings (SSSR count). The maximum atomic E-state index is 9.75. The number of nitriles is 1. The minimum absolute atomic E-state index is 0.0494. The van der Waals surface area contributed by atoms with Crippen molar-refractivity contribution in [1.29, 1.82) is 5.26 Å². The van der Waals surface area contributed by atoms with Gasteiger partial charge in [-0.05, 0) is 77.2 Å². The topological polar surface area (TPSA) is 75.8 Å². The monoisotopic (exact) mass is 681 g/mol. The second kappa shape index (κ2) is 12.3. The van der Waals surface area contributed by atoms with Gasteiger partial charge in [-0.15, -0.1) is 0 Å². The van der Waals surface area contributed by atoms with E-state index in [2.05, 4.69) is 85.8 Å². The van der Waals surface area contributed by atoms with E-state index >= 15 is 0 Å². The Morgan fingerprint density at radius 1 is 0.566 bits per heavy atom. The summed E-state index contributed by atoms with van der Waals surface area (Å²) in [6.07, 6.45) is 4.40. The van der Waals surface area contributed by atoms with Gasteiger partial charge in [0.05, 0.1) is 23.0 Å². The van der Waals surface area contributed by atoms with Crippen LogP contribution in [-0.2, 0) is 0 Å². The Kier molecular flexibility index (Phi) is 7.16. The standard InChI is InChI=1S/C48H31N3O2/c1-29-35(21-23-46-47(29)38-15-6-8-17-44(38)53-46)36-20-18-32(33-19-22-45-40(26-33)37-14-5-7-16-43(37)52-45)25-39(36)42-27-41(34-13-9-10-30(24-34)28-49)50-48(51-42)31-11-3-2-4-12-31/h2-27,29,35H,1H3. The number of aromatic nitrogens is 2. The summed E-state index contributed by atoms with van der Waals surface area (Å²) in [5.74, 6) is 1.73. The lowest BCUT2D eigenvalue weighted by Gasteiger charge is -2.27. The van der Waals surface area contributed by atoms with Crippen molar-refractivity contribution in [1.82, 2.24) is 9.97 Å². The van der Waals surface area contributed by atoms with E-state index in [1.807, 2.05) is 84.9 Å². The molecule has 6 aromatic carbocycles. The van der Waals surface area contributed by atoms with E-state index in [0.29, 0.717) is 11.4 Å². The SMILES string of the molecule is CC1c2c(oc3ccccc23)C=CC1c1ccc(-c2ccc3oc4ccccc4c3c2)cc1-c1cc(-c2cccc(C#N)c2)nc(-c2ccccc2)n1. The second-order valence-corrected chi connectivity index (χ2v) is 13.7. The summed E-state index contributed by atoms with van der Waals surface area (Å²) in [4.78, 5) is 10.4. The predicted octanol–water partition coefficient (Wildman–Crippen LogP) is 12.6. The number of hydrogen-bond donors (Lipinski definition) is 0. The molecule has 0 aliphatic heterocycles. The fraction of sp³-hybridized carbons (Fsp3) is 0.0625. The van der Waals surface area contributed by atoms with E-state index in [1.54, 1.807) is 0 Å². The molecule has 3 aromatic heterocycles. The van der Waals surface area contributed by atoms with E-state index in [1.165, 1.54) is 5.56 Å². The quantitative estimate of drug-likeness (QED) is 0.181. The van der Waals surface area contributed by atoms with Gasteiger partial charge in [0, 0.05) is 44.3 Å². The molecular weight excluding hydrogens is 651 g/mol. The zero-order chi connectivity index (χ0) is 35.5. The Balaban J connectivity index is 1.20. The molecule has 5 heteroatoms. The fourth-order valence-electron chi connectivity index (χ4n) is 7.94. The Morgan fingerprint density at radius 3 is 2.11 bits per heavy atom. The number of rotatable bonds is 5. The van der Waals surface area contributed by atoms with Crippen LogP contribution in [0.1, 0.15) is 41.2 Å². The average Bonchev–Trinajstić information content (AvgIpc) is 3.80. The van der Waals surface area contributed by atoms with Crippen LogP contribution in [0.15, 0.2) is 161 Å². The van der Waals surface area contributed by atoms with Crippen LogP contribution in [0.2, 0.25) is 0 Å². The van der Waals surface area contributed by atoms with Gasteiger partial charge in [0.2, 0.25) is 0 Å². The summed E-state index contributed by atoms with van der Waals surface area (Å²) in [5.41, 5.74) is 12.1. The Morgan fingerprint density at radius 2 is 1.26 bits per heavy atom. The van der Waals surface area contributed by atoms with Gasteiger partial charge in [0.15, 0.2) is 5.82 Å². The first kappa shape index (κ1) is 30.8. The smallest absolute Gasteiger partial charge is 0.160 e. The zero-order valence-electron chi connectivity index (χ0n) is 28.8. The van der Waals surface area contributed by atoms with Gasteiger partial charge in [-0.2, -0.15) is 5.26 Å². The molecule has 3 heterocycles. The summed E-state index contributed by atoms with van der Waals surface area (Å²) in [6.45, 7) is 2.29. The minimum atomic E-state index is 0.0494. The van der Waals surface area contributed by atoms with Gasteiger partial charge in [0.25, 0.3) is 0 Å². The van der Waals surface area contributed by atoms with E-state index in [-0.39, 0.29) is 11.8 Å². The molecule has 2 atom stereocenters. The summed E-state index contributed by atoms with van der Waals surface area (Å²) in [7, 11) is 0. The van der Waals surface area contributed by atoms with Crippen molar-refractivity contribution < 1.29 is 8.83 Å². The van der Waals surface area contributed by atoms with Crippen molar-refractivity contribution in [2.24, 2.45) is 0 Å². The highest BCUT2D eigenvalue weighted by Gasteiger charge is 2.31. The van der Waals surface area contributed by atoms with Gasteiger partial charge < -0.3 is 8.83 Å². The van der Waals surface area contributed by atoms with Crippen molar-refractivity contribution in [2.45, 2.75) is 18.8 Å². The zero-order valence-corrected chi connectivity index (χ0v) is 28.8. The number of allylic oxidation sites excluding steroid dienone is 1. The van der Waals surface area contributed by atoms with Crippen LogP contribution in [-0.4, -0.2) is 9.97 Å². The van der Waals surface area contributed by atoms with E-state index < -0.39 is 0 Å². The van der Waals surface area contributed by atoms with E-state index in [0.717, 1.165) is 83.4 Å². The molecule has 1 aliphatic carbocycles. The lowest BCUT2D eigenvalue weighted by molar-refractivity contribution is 0.574. The van der Waals surface area contributed by atoms with Crippen LogP contribution >= 0.6 is 0 Å². The van der Waals surface area contributed by atoms with Gasteiger partial charge in [-0.3, -0.25) is 0 Å². The third-order valence-electron chi connectivity index (χ3n) is 10.6. The van der Waals surface area contributed by atoms with E-state index in [4.69, 9.17) is 18.8 Å². The molecule has 250 valence electrons. The van der Waals surface area contributed by atoms with Crippen LogP contribution in [0.5, 0.6) is 0 Å². The van der Waals surface area contributed by atoms with E-state index in [9.17, 15) is 5.26 Å². The number of para-hydroxylation sites is 2. The first-order valence-corrected chi connectivity index (χ1v) is 17.8. The third-order valence-corrected chi connectivity index (χ3v) is 10.6. The normalized spacial score (nSPS) is 15.2. The molecule has 9 aromatic rings. The minimum Gasteiger partial charge on any atom is -0.456 e.